The first-order valence-electron chi connectivity index (χ1n) is 14.1. The van der Waals surface area contributed by atoms with Crippen molar-refractivity contribution in [3.05, 3.63) is 83.9 Å². The first-order chi connectivity index (χ1) is 20.9. The summed E-state index contributed by atoms with van der Waals surface area (Å²) >= 11 is 0. The number of benzene rings is 2. The molecule has 2 aliphatic rings. The maximum atomic E-state index is 13.5. The van der Waals surface area contributed by atoms with Gasteiger partial charge in [0.05, 0.1) is 19.0 Å². The third-order valence-electron chi connectivity index (χ3n) is 7.78. The van der Waals surface area contributed by atoms with Gasteiger partial charge in [0.1, 0.15) is 17.4 Å². The van der Waals surface area contributed by atoms with Gasteiger partial charge in [-0.2, -0.15) is 4.80 Å². The maximum absolute atomic E-state index is 13.5. The molecule has 12 nitrogen and oxygen atoms in total. The van der Waals surface area contributed by atoms with Crippen LogP contribution in [-0.4, -0.2) is 84.1 Å². The molecule has 13 heteroatoms. The fourth-order valence-electron chi connectivity index (χ4n) is 5.39. The van der Waals surface area contributed by atoms with E-state index in [0.29, 0.717) is 65.9 Å². The largest absolute Gasteiger partial charge is 0.436 e. The SMILES string of the molecule is Cn1nnc(C(c2ccccc2)N2CCN(C(=O)c3cc(-c4nc5cc(NC(=O)[C@@H]6C[C@@H]6F)ccc5o4)ccn3)CC2)n1. The van der Waals surface area contributed by atoms with Crippen LogP contribution in [-0.2, 0) is 11.8 Å². The maximum Gasteiger partial charge on any atom is 0.272 e. The summed E-state index contributed by atoms with van der Waals surface area (Å²) in [5.74, 6) is -0.155. The van der Waals surface area contributed by atoms with Crippen LogP contribution in [0.4, 0.5) is 10.1 Å². The smallest absolute Gasteiger partial charge is 0.272 e. The zero-order chi connectivity index (χ0) is 29.5. The number of oxazole rings is 1. The van der Waals surface area contributed by atoms with Crippen molar-refractivity contribution in [1.29, 1.82) is 0 Å². The molecule has 1 aliphatic heterocycles. The zero-order valence-electron chi connectivity index (χ0n) is 23.3. The van der Waals surface area contributed by atoms with E-state index in [1.807, 2.05) is 30.3 Å². The molecule has 218 valence electrons. The minimum absolute atomic E-state index is 0.170. The molecular formula is C30H28FN9O3. The van der Waals surface area contributed by atoms with E-state index >= 15 is 0 Å². The first-order valence-corrected chi connectivity index (χ1v) is 14.1. The number of piperazine rings is 1. The molecular weight excluding hydrogens is 553 g/mol. The van der Waals surface area contributed by atoms with Crippen LogP contribution in [0.25, 0.3) is 22.6 Å². The second kappa shape index (κ2) is 11.0. The lowest BCUT2D eigenvalue weighted by Crippen LogP contribution is -2.50. The van der Waals surface area contributed by atoms with E-state index in [4.69, 9.17) is 4.42 Å². The van der Waals surface area contributed by atoms with Gasteiger partial charge in [-0.3, -0.25) is 19.5 Å². The van der Waals surface area contributed by atoms with E-state index in [-0.39, 0.29) is 24.3 Å². The minimum atomic E-state index is -1.07. The summed E-state index contributed by atoms with van der Waals surface area (Å²) in [7, 11) is 1.74. The van der Waals surface area contributed by atoms with Gasteiger partial charge in [-0.1, -0.05) is 30.3 Å². The topological polar surface area (TPSA) is 135 Å². The molecule has 1 aliphatic carbocycles. The molecule has 5 aromatic rings. The summed E-state index contributed by atoms with van der Waals surface area (Å²) in [6, 6.07) is 18.3. The van der Waals surface area contributed by atoms with E-state index in [1.54, 1.807) is 48.5 Å². The second-order valence-corrected chi connectivity index (χ2v) is 10.8. The first kappa shape index (κ1) is 26.8. The van der Waals surface area contributed by atoms with Gasteiger partial charge in [0.15, 0.2) is 11.4 Å². The van der Waals surface area contributed by atoms with Gasteiger partial charge in [-0.25, -0.2) is 9.37 Å². The van der Waals surface area contributed by atoms with Crippen LogP contribution < -0.4 is 5.32 Å². The van der Waals surface area contributed by atoms with Crippen LogP contribution in [0.5, 0.6) is 0 Å². The summed E-state index contributed by atoms with van der Waals surface area (Å²) in [4.78, 5) is 40.0. The molecule has 2 fully saturated rings. The Bertz CT molecular complexity index is 1800. The molecule has 1 saturated carbocycles. The molecule has 2 amide bonds. The number of nitrogens with zero attached hydrogens (tertiary/aromatic N) is 8. The number of nitrogens with one attached hydrogen (secondary N) is 1. The third-order valence-corrected chi connectivity index (χ3v) is 7.78. The zero-order valence-corrected chi connectivity index (χ0v) is 23.3. The Kier molecular flexibility index (Phi) is 6.86. The fourth-order valence-corrected chi connectivity index (χ4v) is 5.39. The lowest BCUT2D eigenvalue weighted by molar-refractivity contribution is -0.117. The van der Waals surface area contributed by atoms with E-state index in [0.717, 1.165) is 5.56 Å². The quantitative estimate of drug-likeness (QED) is 0.307. The highest BCUT2D eigenvalue weighted by Crippen LogP contribution is 2.35. The Labute approximate surface area is 245 Å². The number of hydrogen-bond donors (Lipinski definition) is 1. The van der Waals surface area contributed by atoms with Crippen LogP contribution in [0.3, 0.4) is 0 Å². The van der Waals surface area contributed by atoms with Gasteiger partial charge in [-0.15, -0.1) is 10.2 Å². The van der Waals surface area contributed by atoms with Crippen LogP contribution in [0, 0.1) is 5.92 Å². The molecule has 1 N–H and O–H groups in total. The van der Waals surface area contributed by atoms with Gasteiger partial charge >= 0.3 is 0 Å². The summed E-state index contributed by atoms with van der Waals surface area (Å²) < 4.78 is 19.2. The summed E-state index contributed by atoms with van der Waals surface area (Å²) in [6.45, 7) is 2.27. The Hall–Kier alpha value is -5.04. The number of fused-ring (bicyclic) bond motifs is 1. The molecule has 3 aromatic heterocycles. The molecule has 1 unspecified atom stereocenters. The van der Waals surface area contributed by atoms with E-state index in [2.05, 4.69) is 35.6 Å². The molecule has 0 radical (unpaired) electrons. The Morgan fingerprint density at radius 1 is 1.05 bits per heavy atom. The number of amides is 2. The van der Waals surface area contributed by atoms with Crippen molar-refractivity contribution in [1.82, 2.24) is 40.0 Å². The average molecular weight is 582 g/mol. The van der Waals surface area contributed by atoms with Crippen LogP contribution in [0.2, 0.25) is 0 Å². The van der Waals surface area contributed by atoms with Crippen molar-refractivity contribution < 1.29 is 18.4 Å². The number of aromatic nitrogens is 6. The second-order valence-electron chi connectivity index (χ2n) is 10.8. The van der Waals surface area contributed by atoms with E-state index < -0.39 is 12.1 Å². The minimum Gasteiger partial charge on any atom is -0.436 e. The number of anilines is 1. The number of aryl methyl sites for hydroxylation is 1. The van der Waals surface area contributed by atoms with Gasteiger partial charge in [0, 0.05) is 43.6 Å². The van der Waals surface area contributed by atoms with Crippen molar-refractivity contribution >= 4 is 28.6 Å². The molecule has 0 bridgehead atoms. The van der Waals surface area contributed by atoms with Crippen molar-refractivity contribution in [2.45, 2.75) is 18.6 Å². The Morgan fingerprint density at radius 2 is 1.84 bits per heavy atom. The Balaban J connectivity index is 1.05. The number of carbonyl (C=O) groups is 2. The number of carbonyl (C=O) groups excluding carboxylic acids is 2. The van der Waals surface area contributed by atoms with Gasteiger partial charge < -0.3 is 14.6 Å². The van der Waals surface area contributed by atoms with Crippen molar-refractivity contribution in [2.24, 2.45) is 13.0 Å². The van der Waals surface area contributed by atoms with Crippen molar-refractivity contribution in [3.8, 4) is 11.5 Å². The van der Waals surface area contributed by atoms with Crippen LogP contribution in [0.1, 0.15) is 34.3 Å². The van der Waals surface area contributed by atoms with Crippen molar-refractivity contribution in [3.63, 3.8) is 0 Å². The number of rotatable bonds is 7. The number of tetrazole rings is 1. The predicted octanol–water partition coefficient (Wildman–Crippen LogP) is 3.26. The molecule has 1 saturated heterocycles. The summed E-state index contributed by atoms with van der Waals surface area (Å²) in [5, 5.41) is 15.5. The highest BCUT2D eigenvalue weighted by Gasteiger charge is 2.43. The Morgan fingerprint density at radius 3 is 2.56 bits per heavy atom. The van der Waals surface area contributed by atoms with Gasteiger partial charge in [0.25, 0.3) is 5.91 Å². The summed E-state index contributed by atoms with van der Waals surface area (Å²) in [5.41, 5.74) is 3.54. The summed E-state index contributed by atoms with van der Waals surface area (Å²) in [6.07, 6.45) is 0.755. The molecule has 2 aromatic carbocycles. The number of alkyl halides is 1. The lowest BCUT2D eigenvalue weighted by atomic mass is 10.0. The fraction of sp³-hybridized carbons (Fsp3) is 0.300. The van der Waals surface area contributed by atoms with Crippen molar-refractivity contribution in [2.75, 3.05) is 31.5 Å². The average Bonchev–Trinajstić information content (AvgIpc) is 3.39. The van der Waals surface area contributed by atoms with Gasteiger partial charge in [0.2, 0.25) is 11.8 Å². The highest BCUT2D eigenvalue weighted by molar-refractivity contribution is 5.96. The number of hydrogen-bond acceptors (Lipinski definition) is 9. The normalized spacial score (nSPS) is 19.3. The number of halogens is 1. The highest BCUT2D eigenvalue weighted by atomic mass is 19.1. The van der Waals surface area contributed by atoms with Crippen LogP contribution in [0.15, 0.2) is 71.3 Å². The predicted molar refractivity (Wildman–Crippen MR) is 153 cm³/mol. The number of pyridine rings is 1. The molecule has 3 atom stereocenters. The molecule has 0 spiro atoms. The molecule has 43 heavy (non-hydrogen) atoms. The monoisotopic (exact) mass is 581 g/mol. The van der Waals surface area contributed by atoms with E-state index in [1.165, 1.54) is 4.80 Å². The standard InChI is InChI=1S/C30H28FN9O3/c1-38-36-27(35-37-38)26(18-5-3-2-4-6-18)39-11-13-40(14-12-39)30(42)24-15-19(9-10-32-24)29-34-23-16-20(7-8-25(23)43-29)33-28(41)21-17-22(21)31/h2-10,15-16,21-22,26H,11-14,17H2,1H3,(H,33,41)/t21-,22+,26?/m1/s1. The van der Waals surface area contributed by atoms with Gasteiger partial charge in [-0.05, 0) is 47.5 Å². The third kappa shape index (κ3) is 5.46. The van der Waals surface area contributed by atoms with Crippen LogP contribution >= 0.6 is 0 Å². The van der Waals surface area contributed by atoms with E-state index in [9.17, 15) is 14.0 Å². The lowest BCUT2D eigenvalue weighted by Gasteiger charge is -2.38. The molecule has 7 rings (SSSR count). The molecule has 4 heterocycles.